The number of hydrogen-bond acceptors (Lipinski definition) is 4. The molecule has 6 heteroatoms. The van der Waals surface area contributed by atoms with Crippen molar-refractivity contribution in [2.24, 2.45) is 5.73 Å². The molecule has 2 aromatic rings. The molecule has 1 aromatic heterocycles. The molecule has 0 fully saturated rings. The standard InChI is InChI=1S/C12H6ClN3O2/c13-5-1-2-6-7(3-5)10(17)9-8(6)4-15-12(16-9)11(14)18/h1-4H,(H2,14,18). The van der Waals surface area contributed by atoms with E-state index in [1.54, 1.807) is 18.2 Å². The summed E-state index contributed by atoms with van der Waals surface area (Å²) < 4.78 is 0. The van der Waals surface area contributed by atoms with E-state index in [0.29, 0.717) is 16.1 Å². The molecular formula is C12H6ClN3O2. The number of amides is 1. The summed E-state index contributed by atoms with van der Waals surface area (Å²) in [5, 5.41) is 0.470. The third kappa shape index (κ3) is 1.41. The van der Waals surface area contributed by atoms with Crippen molar-refractivity contribution in [1.29, 1.82) is 0 Å². The molecule has 1 aromatic carbocycles. The minimum atomic E-state index is -0.764. The average Bonchev–Trinajstić information content (AvgIpc) is 2.62. The van der Waals surface area contributed by atoms with Gasteiger partial charge in [-0.15, -0.1) is 0 Å². The molecule has 2 N–H and O–H groups in total. The minimum absolute atomic E-state index is 0.166. The Bertz CT molecular complexity index is 712. The number of nitrogens with zero attached hydrogens (tertiary/aromatic N) is 2. The zero-order valence-corrected chi connectivity index (χ0v) is 9.73. The fourth-order valence-electron chi connectivity index (χ4n) is 1.94. The van der Waals surface area contributed by atoms with Crippen LogP contribution >= 0.6 is 11.6 Å². The Labute approximate surface area is 107 Å². The highest BCUT2D eigenvalue weighted by Gasteiger charge is 2.29. The van der Waals surface area contributed by atoms with Crippen molar-refractivity contribution in [3.05, 3.63) is 46.5 Å². The maximum absolute atomic E-state index is 12.1. The topological polar surface area (TPSA) is 85.9 Å². The van der Waals surface area contributed by atoms with Crippen LogP contribution in [0.15, 0.2) is 24.4 Å². The van der Waals surface area contributed by atoms with Gasteiger partial charge in [-0.3, -0.25) is 9.59 Å². The maximum Gasteiger partial charge on any atom is 0.286 e. The van der Waals surface area contributed by atoms with E-state index in [2.05, 4.69) is 9.97 Å². The zero-order valence-electron chi connectivity index (χ0n) is 8.98. The molecule has 1 heterocycles. The second-order valence-corrected chi connectivity index (χ2v) is 4.28. The van der Waals surface area contributed by atoms with Gasteiger partial charge in [0.05, 0.1) is 0 Å². The van der Waals surface area contributed by atoms with Crippen molar-refractivity contribution in [3.8, 4) is 11.1 Å². The third-order valence-electron chi connectivity index (χ3n) is 2.74. The van der Waals surface area contributed by atoms with Crippen LogP contribution in [-0.2, 0) is 0 Å². The number of rotatable bonds is 1. The van der Waals surface area contributed by atoms with E-state index < -0.39 is 5.91 Å². The lowest BCUT2D eigenvalue weighted by molar-refractivity contribution is 0.0990. The smallest absolute Gasteiger partial charge is 0.286 e. The van der Waals surface area contributed by atoms with Crippen molar-refractivity contribution < 1.29 is 9.59 Å². The Hall–Kier alpha value is -2.27. The van der Waals surface area contributed by atoms with Gasteiger partial charge in [0.25, 0.3) is 5.91 Å². The molecule has 0 unspecified atom stereocenters. The minimum Gasteiger partial charge on any atom is -0.363 e. The molecule has 0 saturated carbocycles. The summed E-state index contributed by atoms with van der Waals surface area (Å²) in [5.74, 6) is -1.20. The molecule has 3 rings (SSSR count). The van der Waals surface area contributed by atoms with E-state index in [9.17, 15) is 9.59 Å². The van der Waals surface area contributed by atoms with E-state index in [1.165, 1.54) is 6.20 Å². The van der Waals surface area contributed by atoms with Crippen molar-refractivity contribution in [2.45, 2.75) is 0 Å². The van der Waals surface area contributed by atoms with Crippen molar-refractivity contribution in [3.63, 3.8) is 0 Å². The summed E-state index contributed by atoms with van der Waals surface area (Å²) in [6, 6.07) is 4.99. The Balaban J connectivity index is 2.26. The normalized spacial score (nSPS) is 12.2. The van der Waals surface area contributed by atoms with Gasteiger partial charge in [0, 0.05) is 22.3 Å². The number of carbonyl (C=O) groups is 2. The average molecular weight is 260 g/mol. The Morgan fingerprint density at radius 2 is 2.00 bits per heavy atom. The number of halogens is 1. The van der Waals surface area contributed by atoms with Crippen LogP contribution in [0.2, 0.25) is 5.02 Å². The molecule has 0 aliphatic heterocycles. The fourth-order valence-corrected chi connectivity index (χ4v) is 2.11. The van der Waals surface area contributed by atoms with Crippen LogP contribution in [0.3, 0.4) is 0 Å². The number of carbonyl (C=O) groups excluding carboxylic acids is 2. The largest absolute Gasteiger partial charge is 0.363 e. The predicted octanol–water partition coefficient (Wildman–Crippen LogP) is 1.44. The fraction of sp³-hybridized carbons (Fsp3) is 0. The number of primary amides is 1. The maximum atomic E-state index is 12.1. The lowest BCUT2D eigenvalue weighted by Crippen LogP contribution is -2.16. The molecule has 0 saturated heterocycles. The van der Waals surface area contributed by atoms with Crippen LogP contribution in [0.1, 0.15) is 26.7 Å². The highest BCUT2D eigenvalue weighted by molar-refractivity contribution is 6.32. The monoisotopic (exact) mass is 259 g/mol. The number of aromatic nitrogens is 2. The second-order valence-electron chi connectivity index (χ2n) is 3.84. The molecule has 1 aliphatic rings. The van der Waals surface area contributed by atoms with Gasteiger partial charge in [-0.05, 0) is 17.7 Å². The molecule has 5 nitrogen and oxygen atoms in total. The SMILES string of the molecule is NC(=O)c1ncc2c(n1)C(=O)c1cc(Cl)ccc1-2. The molecule has 0 bridgehead atoms. The van der Waals surface area contributed by atoms with Gasteiger partial charge in [-0.2, -0.15) is 0 Å². The van der Waals surface area contributed by atoms with Crippen LogP contribution in [0.4, 0.5) is 0 Å². The van der Waals surface area contributed by atoms with Crippen LogP contribution < -0.4 is 5.73 Å². The number of hydrogen-bond donors (Lipinski definition) is 1. The van der Waals surface area contributed by atoms with Gasteiger partial charge < -0.3 is 5.73 Å². The highest BCUT2D eigenvalue weighted by atomic mass is 35.5. The number of nitrogens with two attached hydrogens (primary N) is 1. The number of fused-ring (bicyclic) bond motifs is 3. The van der Waals surface area contributed by atoms with Crippen LogP contribution in [-0.4, -0.2) is 21.7 Å². The van der Waals surface area contributed by atoms with E-state index in [4.69, 9.17) is 17.3 Å². The first kappa shape index (κ1) is 10.9. The van der Waals surface area contributed by atoms with Gasteiger partial charge >= 0.3 is 0 Å². The molecule has 1 amide bonds. The van der Waals surface area contributed by atoms with Gasteiger partial charge in [-0.25, -0.2) is 9.97 Å². The Kier molecular flexibility index (Phi) is 2.18. The Morgan fingerprint density at radius 3 is 2.72 bits per heavy atom. The van der Waals surface area contributed by atoms with Gasteiger partial charge in [0.1, 0.15) is 5.69 Å². The number of ketones is 1. The summed E-state index contributed by atoms with van der Waals surface area (Å²) in [7, 11) is 0. The molecular weight excluding hydrogens is 254 g/mol. The van der Waals surface area contributed by atoms with Gasteiger partial charge in [0.15, 0.2) is 0 Å². The van der Waals surface area contributed by atoms with E-state index >= 15 is 0 Å². The second kappa shape index (κ2) is 3.61. The first-order chi connectivity index (χ1) is 8.58. The van der Waals surface area contributed by atoms with Crippen molar-refractivity contribution in [1.82, 2.24) is 9.97 Å². The Morgan fingerprint density at radius 1 is 1.22 bits per heavy atom. The summed E-state index contributed by atoms with van der Waals surface area (Å²) >= 11 is 5.85. The molecule has 1 aliphatic carbocycles. The third-order valence-corrected chi connectivity index (χ3v) is 2.98. The van der Waals surface area contributed by atoms with E-state index in [1.807, 2.05) is 0 Å². The first-order valence-electron chi connectivity index (χ1n) is 5.09. The van der Waals surface area contributed by atoms with Crippen LogP contribution in [0.5, 0.6) is 0 Å². The van der Waals surface area contributed by atoms with E-state index in [0.717, 1.165) is 5.56 Å². The van der Waals surface area contributed by atoms with Crippen molar-refractivity contribution in [2.75, 3.05) is 0 Å². The first-order valence-corrected chi connectivity index (χ1v) is 5.47. The van der Waals surface area contributed by atoms with Gasteiger partial charge in [0.2, 0.25) is 11.6 Å². The summed E-state index contributed by atoms with van der Waals surface area (Å²) in [5.41, 5.74) is 7.06. The van der Waals surface area contributed by atoms with Crippen LogP contribution in [0, 0.1) is 0 Å². The lowest BCUT2D eigenvalue weighted by Gasteiger charge is -1.99. The zero-order chi connectivity index (χ0) is 12.9. The summed E-state index contributed by atoms with van der Waals surface area (Å²) in [6.45, 7) is 0. The molecule has 0 atom stereocenters. The molecule has 0 spiro atoms. The molecule has 0 radical (unpaired) electrons. The highest BCUT2D eigenvalue weighted by Crippen LogP contribution is 2.36. The predicted molar refractivity (Wildman–Crippen MR) is 64.4 cm³/mol. The van der Waals surface area contributed by atoms with Crippen LogP contribution in [0.25, 0.3) is 11.1 Å². The van der Waals surface area contributed by atoms with E-state index in [-0.39, 0.29) is 17.3 Å². The van der Waals surface area contributed by atoms with Crippen molar-refractivity contribution >= 4 is 23.3 Å². The molecule has 88 valence electrons. The summed E-state index contributed by atoms with van der Waals surface area (Å²) in [4.78, 5) is 30.8. The molecule has 18 heavy (non-hydrogen) atoms. The lowest BCUT2D eigenvalue weighted by atomic mass is 10.1. The summed E-state index contributed by atoms with van der Waals surface area (Å²) in [6.07, 6.45) is 1.43. The quantitative estimate of drug-likeness (QED) is 0.716. The number of benzene rings is 1. The van der Waals surface area contributed by atoms with Gasteiger partial charge in [-0.1, -0.05) is 17.7 Å².